The SMILES string of the molecule is Nc1[nH]ncc1C(O)c1cc(F)cc(F)c1. The van der Waals surface area contributed by atoms with E-state index >= 15 is 0 Å². The van der Waals surface area contributed by atoms with Crippen LogP contribution in [0.1, 0.15) is 17.2 Å². The van der Waals surface area contributed by atoms with Crippen LogP contribution in [0, 0.1) is 11.6 Å². The van der Waals surface area contributed by atoms with Crippen LogP contribution in [0.5, 0.6) is 0 Å². The van der Waals surface area contributed by atoms with E-state index in [0.29, 0.717) is 0 Å². The van der Waals surface area contributed by atoms with Gasteiger partial charge in [-0.2, -0.15) is 5.10 Å². The van der Waals surface area contributed by atoms with Crippen molar-refractivity contribution in [1.29, 1.82) is 0 Å². The molecule has 1 aromatic heterocycles. The Hall–Kier alpha value is -1.95. The van der Waals surface area contributed by atoms with Gasteiger partial charge in [0.2, 0.25) is 0 Å². The van der Waals surface area contributed by atoms with Crippen LogP contribution in [0.15, 0.2) is 24.4 Å². The van der Waals surface area contributed by atoms with Gasteiger partial charge in [-0.1, -0.05) is 0 Å². The van der Waals surface area contributed by atoms with Crippen LogP contribution in [0.4, 0.5) is 14.6 Å². The number of hydrogen-bond donors (Lipinski definition) is 3. The number of aromatic amines is 1. The van der Waals surface area contributed by atoms with Crippen molar-refractivity contribution in [3.63, 3.8) is 0 Å². The first kappa shape index (κ1) is 10.6. The molecule has 2 aromatic rings. The Balaban J connectivity index is 2.41. The van der Waals surface area contributed by atoms with Gasteiger partial charge in [0.1, 0.15) is 23.6 Å². The van der Waals surface area contributed by atoms with Gasteiger partial charge in [0.25, 0.3) is 0 Å². The molecule has 0 spiro atoms. The molecular weight excluding hydrogens is 216 g/mol. The highest BCUT2D eigenvalue weighted by atomic mass is 19.1. The van der Waals surface area contributed by atoms with Gasteiger partial charge < -0.3 is 10.8 Å². The highest BCUT2D eigenvalue weighted by molar-refractivity contribution is 5.43. The predicted octanol–water partition coefficient (Wildman–Crippen LogP) is 1.35. The zero-order valence-corrected chi connectivity index (χ0v) is 8.11. The van der Waals surface area contributed by atoms with Crippen molar-refractivity contribution >= 4 is 5.82 Å². The summed E-state index contributed by atoms with van der Waals surface area (Å²) in [7, 11) is 0. The molecule has 0 saturated carbocycles. The van der Waals surface area contributed by atoms with E-state index in [1.165, 1.54) is 6.20 Å². The average Bonchev–Trinajstić information content (AvgIpc) is 2.62. The van der Waals surface area contributed by atoms with Crippen LogP contribution >= 0.6 is 0 Å². The van der Waals surface area contributed by atoms with Gasteiger partial charge in [-0.3, -0.25) is 5.10 Å². The normalized spacial score (nSPS) is 12.7. The summed E-state index contributed by atoms with van der Waals surface area (Å²) >= 11 is 0. The molecule has 0 aliphatic heterocycles. The fourth-order valence-corrected chi connectivity index (χ4v) is 1.44. The fourth-order valence-electron chi connectivity index (χ4n) is 1.44. The number of benzene rings is 1. The summed E-state index contributed by atoms with van der Waals surface area (Å²) in [6.07, 6.45) is 0.104. The number of nitrogen functional groups attached to an aromatic ring is 1. The van der Waals surface area contributed by atoms with Crippen LogP contribution in [0.2, 0.25) is 0 Å². The molecule has 1 unspecified atom stereocenters. The molecule has 4 N–H and O–H groups in total. The quantitative estimate of drug-likeness (QED) is 0.722. The van der Waals surface area contributed by atoms with E-state index in [0.717, 1.165) is 18.2 Å². The van der Waals surface area contributed by atoms with E-state index in [1.807, 2.05) is 0 Å². The first-order chi connectivity index (χ1) is 7.58. The Morgan fingerprint density at radius 1 is 1.25 bits per heavy atom. The largest absolute Gasteiger partial charge is 0.384 e. The maximum atomic E-state index is 12.9. The van der Waals surface area contributed by atoms with Crippen molar-refractivity contribution in [3.05, 3.63) is 47.2 Å². The van der Waals surface area contributed by atoms with E-state index in [4.69, 9.17) is 5.73 Å². The summed E-state index contributed by atoms with van der Waals surface area (Å²) in [6, 6.07) is 2.81. The highest BCUT2D eigenvalue weighted by Gasteiger charge is 2.16. The summed E-state index contributed by atoms with van der Waals surface area (Å²) < 4.78 is 25.8. The molecule has 16 heavy (non-hydrogen) atoms. The first-order valence-electron chi connectivity index (χ1n) is 4.50. The Morgan fingerprint density at radius 2 is 1.88 bits per heavy atom. The predicted molar refractivity (Wildman–Crippen MR) is 53.4 cm³/mol. The number of halogens is 2. The van der Waals surface area contributed by atoms with Crippen molar-refractivity contribution in [2.24, 2.45) is 0 Å². The minimum atomic E-state index is -1.20. The monoisotopic (exact) mass is 225 g/mol. The number of hydrogen-bond acceptors (Lipinski definition) is 3. The number of aliphatic hydroxyl groups excluding tert-OH is 1. The second kappa shape index (κ2) is 3.90. The van der Waals surface area contributed by atoms with Gasteiger partial charge in [-0.25, -0.2) is 8.78 Å². The van der Waals surface area contributed by atoms with E-state index < -0.39 is 17.7 Å². The summed E-state index contributed by atoms with van der Waals surface area (Å²) in [5.74, 6) is -1.34. The molecule has 0 fully saturated rings. The molecule has 1 heterocycles. The second-order valence-electron chi connectivity index (χ2n) is 3.34. The maximum absolute atomic E-state index is 12.9. The van der Waals surface area contributed by atoms with Crippen molar-refractivity contribution < 1.29 is 13.9 Å². The molecule has 4 nitrogen and oxygen atoms in total. The lowest BCUT2D eigenvalue weighted by atomic mass is 10.0. The van der Waals surface area contributed by atoms with Gasteiger partial charge >= 0.3 is 0 Å². The first-order valence-corrected chi connectivity index (χ1v) is 4.50. The van der Waals surface area contributed by atoms with Crippen molar-refractivity contribution in [2.45, 2.75) is 6.10 Å². The van der Waals surface area contributed by atoms with E-state index in [9.17, 15) is 13.9 Å². The van der Waals surface area contributed by atoms with E-state index in [-0.39, 0.29) is 16.9 Å². The summed E-state index contributed by atoms with van der Waals surface area (Å²) in [6.45, 7) is 0. The average molecular weight is 225 g/mol. The topological polar surface area (TPSA) is 74.9 Å². The van der Waals surface area contributed by atoms with E-state index in [1.54, 1.807) is 0 Å². The lowest BCUT2D eigenvalue weighted by molar-refractivity contribution is 0.220. The smallest absolute Gasteiger partial charge is 0.126 e. The van der Waals surface area contributed by atoms with Gasteiger partial charge in [0.05, 0.1) is 6.20 Å². The number of nitrogens with zero attached hydrogens (tertiary/aromatic N) is 1. The summed E-state index contributed by atoms with van der Waals surface area (Å²) in [4.78, 5) is 0. The van der Waals surface area contributed by atoms with Crippen LogP contribution in [-0.4, -0.2) is 15.3 Å². The number of aliphatic hydroxyl groups is 1. The minimum Gasteiger partial charge on any atom is -0.384 e. The van der Waals surface area contributed by atoms with Crippen LogP contribution < -0.4 is 5.73 Å². The molecule has 0 aliphatic rings. The second-order valence-corrected chi connectivity index (χ2v) is 3.34. The molecule has 6 heteroatoms. The van der Waals surface area contributed by atoms with Crippen LogP contribution in [0.3, 0.4) is 0 Å². The van der Waals surface area contributed by atoms with Crippen molar-refractivity contribution in [3.8, 4) is 0 Å². The molecule has 0 radical (unpaired) electrons. The Bertz CT molecular complexity index is 492. The molecule has 0 aliphatic carbocycles. The van der Waals surface area contributed by atoms with Gasteiger partial charge in [0, 0.05) is 11.6 Å². The Kier molecular flexibility index (Phi) is 2.57. The third-order valence-corrected chi connectivity index (χ3v) is 2.19. The lowest BCUT2D eigenvalue weighted by Crippen LogP contribution is -2.03. The van der Waals surface area contributed by atoms with E-state index in [2.05, 4.69) is 10.2 Å². The number of anilines is 1. The maximum Gasteiger partial charge on any atom is 0.126 e. The summed E-state index contributed by atoms with van der Waals surface area (Å²) in [5, 5.41) is 15.9. The van der Waals surface area contributed by atoms with Gasteiger partial charge in [0.15, 0.2) is 0 Å². The molecule has 84 valence electrons. The van der Waals surface area contributed by atoms with Crippen molar-refractivity contribution in [2.75, 3.05) is 5.73 Å². The standard InChI is InChI=1S/C10H9F2N3O/c11-6-1-5(2-7(12)3-6)9(16)8-4-14-15-10(8)13/h1-4,9,16H,(H3,13,14,15). The van der Waals surface area contributed by atoms with Crippen molar-refractivity contribution in [1.82, 2.24) is 10.2 Å². The zero-order valence-electron chi connectivity index (χ0n) is 8.11. The third kappa shape index (κ3) is 1.87. The number of nitrogens with one attached hydrogen (secondary N) is 1. The Labute approximate surface area is 89.7 Å². The zero-order chi connectivity index (χ0) is 11.7. The van der Waals surface area contributed by atoms with Crippen LogP contribution in [-0.2, 0) is 0 Å². The highest BCUT2D eigenvalue weighted by Crippen LogP contribution is 2.25. The number of rotatable bonds is 2. The molecule has 1 atom stereocenters. The fraction of sp³-hybridized carbons (Fsp3) is 0.100. The Morgan fingerprint density at radius 3 is 2.38 bits per heavy atom. The third-order valence-electron chi connectivity index (χ3n) is 2.19. The van der Waals surface area contributed by atoms with Crippen LogP contribution in [0.25, 0.3) is 0 Å². The van der Waals surface area contributed by atoms with Gasteiger partial charge in [-0.15, -0.1) is 0 Å². The molecule has 1 aromatic carbocycles. The molecule has 0 saturated heterocycles. The van der Waals surface area contributed by atoms with Gasteiger partial charge in [-0.05, 0) is 17.7 Å². The lowest BCUT2D eigenvalue weighted by Gasteiger charge is -2.10. The minimum absolute atomic E-state index is 0.0885. The number of nitrogens with two attached hydrogens (primary N) is 1. The number of aromatic nitrogens is 2. The molecular formula is C10H9F2N3O. The summed E-state index contributed by atoms with van der Waals surface area (Å²) in [5.41, 5.74) is 5.86. The molecule has 2 rings (SSSR count). The molecule has 0 bridgehead atoms. The number of H-pyrrole nitrogens is 1. The molecule has 0 amide bonds.